The van der Waals surface area contributed by atoms with E-state index in [9.17, 15) is 4.79 Å². The molecule has 0 atom stereocenters. The van der Waals surface area contributed by atoms with Gasteiger partial charge < -0.3 is 0 Å². The first-order valence-corrected chi connectivity index (χ1v) is 4.39. The molecule has 1 rings (SSSR count). The second-order valence-electron chi connectivity index (χ2n) is 3.07. The molecule has 0 heterocycles. The SMILES string of the molecule is CC1=C=CCCC(=O)/C=C/CC1. The highest BCUT2D eigenvalue weighted by atomic mass is 16.1. The summed E-state index contributed by atoms with van der Waals surface area (Å²) < 4.78 is 0. The van der Waals surface area contributed by atoms with E-state index in [1.807, 2.05) is 12.2 Å². The third kappa shape index (κ3) is 3.36. The fourth-order valence-corrected chi connectivity index (χ4v) is 1.13. The molecule has 0 aliphatic heterocycles. The summed E-state index contributed by atoms with van der Waals surface area (Å²) in [6.07, 6.45) is 9.04. The first-order chi connectivity index (χ1) is 5.79. The van der Waals surface area contributed by atoms with Gasteiger partial charge in [-0.05, 0) is 43.9 Å². The lowest BCUT2D eigenvalue weighted by atomic mass is 10.1. The zero-order chi connectivity index (χ0) is 8.81. The molecule has 0 spiro atoms. The van der Waals surface area contributed by atoms with E-state index in [2.05, 4.69) is 12.7 Å². The van der Waals surface area contributed by atoms with Crippen LogP contribution in [-0.2, 0) is 4.79 Å². The van der Waals surface area contributed by atoms with Crippen molar-refractivity contribution in [2.75, 3.05) is 0 Å². The summed E-state index contributed by atoms with van der Waals surface area (Å²) in [5, 5.41) is 0. The third-order valence-corrected chi connectivity index (χ3v) is 1.87. The normalized spacial score (nSPS) is 21.8. The van der Waals surface area contributed by atoms with Crippen molar-refractivity contribution in [2.24, 2.45) is 0 Å². The molecule has 1 aliphatic rings. The van der Waals surface area contributed by atoms with Crippen LogP contribution in [-0.4, -0.2) is 5.78 Å². The van der Waals surface area contributed by atoms with E-state index in [1.54, 1.807) is 6.08 Å². The molecule has 1 heteroatoms. The standard InChI is InChI=1S/C11H14O/c1-10-6-2-4-8-11(12)9-5-3-7-10/h2,5,9H,3-4,7-8H2,1H3/b9-5+. The van der Waals surface area contributed by atoms with E-state index in [-0.39, 0.29) is 5.78 Å². The highest BCUT2D eigenvalue weighted by Crippen LogP contribution is 2.05. The number of carbonyl (C=O) groups is 1. The Morgan fingerprint density at radius 3 is 3.00 bits per heavy atom. The van der Waals surface area contributed by atoms with Crippen LogP contribution in [0.3, 0.4) is 0 Å². The van der Waals surface area contributed by atoms with Gasteiger partial charge >= 0.3 is 0 Å². The van der Waals surface area contributed by atoms with Crippen molar-refractivity contribution in [1.29, 1.82) is 0 Å². The number of ketones is 1. The fourth-order valence-electron chi connectivity index (χ4n) is 1.13. The Kier molecular flexibility index (Phi) is 3.56. The van der Waals surface area contributed by atoms with Crippen LogP contribution in [0.25, 0.3) is 0 Å². The molecule has 0 unspecified atom stereocenters. The summed E-state index contributed by atoms with van der Waals surface area (Å²) in [6.45, 7) is 2.08. The van der Waals surface area contributed by atoms with Gasteiger partial charge in [-0.2, -0.15) is 0 Å². The van der Waals surface area contributed by atoms with Crippen molar-refractivity contribution in [1.82, 2.24) is 0 Å². The Morgan fingerprint density at radius 2 is 2.17 bits per heavy atom. The van der Waals surface area contributed by atoms with Crippen molar-refractivity contribution in [3.63, 3.8) is 0 Å². The Bertz CT molecular complexity index is 252. The lowest BCUT2D eigenvalue weighted by Crippen LogP contribution is -1.91. The predicted octanol–water partition coefficient (Wildman–Crippen LogP) is 2.79. The molecule has 0 radical (unpaired) electrons. The van der Waals surface area contributed by atoms with Crippen LogP contribution in [0, 0.1) is 0 Å². The maximum Gasteiger partial charge on any atom is 0.155 e. The Morgan fingerprint density at radius 1 is 1.33 bits per heavy atom. The highest BCUT2D eigenvalue weighted by Gasteiger charge is 1.95. The molecule has 1 nitrogen and oxygen atoms in total. The molecule has 0 N–H and O–H groups in total. The molecule has 0 saturated carbocycles. The molecule has 0 bridgehead atoms. The summed E-state index contributed by atoms with van der Waals surface area (Å²) in [4.78, 5) is 11.0. The Balaban J connectivity index is 2.65. The van der Waals surface area contributed by atoms with Crippen molar-refractivity contribution in [3.05, 3.63) is 29.5 Å². The van der Waals surface area contributed by atoms with Crippen molar-refractivity contribution in [3.8, 4) is 0 Å². The first-order valence-electron chi connectivity index (χ1n) is 4.39. The van der Waals surface area contributed by atoms with Gasteiger partial charge in [-0.3, -0.25) is 4.79 Å². The van der Waals surface area contributed by atoms with E-state index in [4.69, 9.17) is 0 Å². The van der Waals surface area contributed by atoms with Gasteiger partial charge in [0.1, 0.15) is 0 Å². The minimum Gasteiger partial charge on any atom is -0.295 e. The number of hydrogen-bond acceptors (Lipinski definition) is 1. The molecule has 0 fully saturated rings. The van der Waals surface area contributed by atoms with Crippen LogP contribution in [0.2, 0.25) is 0 Å². The molecule has 0 aromatic rings. The maximum atomic E-state index is 11.0. The van der Waals surface area contributed by atoms with Gasteiger partial charge in [-0.1, -0.05) is 6.08 Å². The molecule has 64 valence electrons. The highest BCUT2D eigenvalue weighted by molar-refractivity contribution is 5.89. The third-order valence-electron chi connectivity index (χ3n) is 1.87. The summed E-state index contributed by atoms with van der Waals surface area (Å²) >= 11 is 0. The van der Waals surface area contributed by atoms with Crippen LogP contribution in [0.4, 0.5) is 0 Å². The lowest BCUT2D eigenvalue weighted by Gasteiger charge is -1.95. The summed E-state index contributed by atoms with van der Waals surface area (Å²) in [5.41, 5.74) is 4.45. The van der Waals surface area contributed by atoms with Crippen molar-refractivity contribution >= 4 is 5.78 Å². The zero-order valence-corrected chi connectivity index (χ0v) is 7.47. The minimum atomic E-state index is 0.229. The topological polar surface area (TPSA) is 17.1 Å². The molecule has 1 aliphatic carbocycles. The van der Waals surface area contributed by atoms with E-state index in [0.29, 0.717) is 6.42 Å². The van der Waals surface area contributed by atoms with Gasteiger partial charge in [-0.25, -0.2) is 0 Å². The number of carbonyl (C=O) groups excluding carboxylic acids is 1. The molecular weight excluding hydrogens is 148 g/mol. The Labute approximate surface area is 73.5 Å². The number of hydrogen-bond donors (Lipinski definition) is 0. The first kappa shape index (κ1) is 9.02. The molecular formula is C11H14O. The largest absolute Gasteiger partial charge is 0.295 e. The quantitative estimate of drug-likeness (QED) is 0.500. The van der Waals surface area contributed by atoms with Gasteiger partial charge in [0.05, 0.1) is 0 Å². The van der Waals surface area contributed by atoms with E-state index < -0.39 is 0 Å². The molecule has 12 heavy (non-hydrogen) atoms. The minimum absolute atomic E-state index is 0.229. The predicted molar refractivity (Wildman–Crippen MR) is 49.9 cm³/mol. The average Bonchev–Trinajstić information content (AvgIpc) is 2.06. The van der Waals surface area contributed by atoms with Crippen LogP contribution >= 0.6 is 0 Å². The van der Waals surface area contributed by atoms with Gasteiger partial charge in [0.15, 0.2) is 5.78 Å². The second-order valence-corrected chi connectivity index (χ2v) is 3.07. The van der Waals surface area contributed by atoms with Gasteiger partial charge in [0.2, 0.25) is 0 Å². The Hall–Kier alpha value is -1.07. The number of allylic oxidation sites excluding steroid dienone is 3. The van der Waals surface area contributed by atoms with E-state index in [0.717, 1.165) is 19.3 Å². The monoisotopic (exact) mass is 162 g/mol. The molecule has 0 amide bonds. The molecule has 0 aromatic carbocycles. The smallest absolute Gasteiger partial charge is 0.155 e. The summed E-state index contributed by atoms with van der Waals surface area (Å²) in [5.74, 6) is 0.229. The van der Waals surface area contributed by atoms with Gasteiger partial charge in [0, 0.05) is 6.42 Å². The van der Waals surface area contributed by atoms with Crippen LogP contribution in [0.15, 0.2) is 29.5 Å². The van der Waals surface area contributed by atoms with Crippen LogP contribution in [0.5, 0.6) is 0 Å². The summed E-state index contributed by atoms with van der Waals surface area (Å²) in [6, 6.07) is 0. The second kappa shape index (κ2) is 4.74. The van der Waals surface area contributed by atoms with Crippen LogP contribution < -0.4 is 0 Å². The average molecular weight is 162 g/mol. The van der Waals surface area contributed by atoms with Gasteiger partial charge in [-0.15, -0.1) is 5.73 Å². The molecule has 0 saturated heterocycles. The van der Waals surface area contributed by atoms with E-state index >= 15 is 0 Å². The van der Waals surface area contributed by atoms with Crippen molar-refractivity contribution < 1.29 is 4.79 Å². The molecule has 0 aromatic heterocycles. The fraction of sp³-hybridized carbons (Fsp3) is 0.455. The maximum absolute atomic E-state index is 11.0. The van der Waals surface area contributed by atoms with Crippen molar-refractivity contribution in [2.45, 2.75) is 32.6 Å². The van der Waals surface area contributed by atoms with Gasteiger partial charge in [0.25, 0.3) is 0 Å². The van der Waals surface area contributed by atoms with E-state index in [1.165, 1.54) is 5.57 Å². The zero-order valence-electron chi connectivity index (χ0n) is 7.47. The van der Waals surface area contributed by atoms with Crippen LogP contribution in [0.1, 0.15) is 32.6 Å². The lowest BCUT2D eigenvalue weighted by molar-refractivity contribution is -0.114. The summed E-state index contributed by atoms with van der Waals surface area (Å²) in [7, 11) is 0. The number of rotatable bonds is 0.